The Morgan fingerprint density at radius 1 is 1.59 bits per heavy atom. The molecule has 0 aromatic carbocycles. The second-order valence-electron chi connectivity index (χ2n) is 3.71. The lowest BCUT2D eigenvalue weighted by atomic mass is 10.2. The third-order valence-corrected chi connectivity index (χ3v) is 2.54. The minimum Gasteiger partial charge on any atom is -0.324 e. The zero-order valence-corrected chi connectivity index (χ0v) is 8.96. The van der Waals surface area contributed by atoms with Crippen molar-refractivity contribution in [3.05, 3.63) is 30.1 Å². The van der Waals surface area contributed by atoms with Crippen molar-refractivity contribution in [3.8, 4) is 0 Å². The normalized spacial score (nSPS) is 19.0. The smallest absolute Gasteiger partial charge is 0.318 e. The summed E-state index contributed by atoms with van der Waals surface area (Å²) in [6, 6.07) is 2.56. The fraction of sp³-hybridized carbons (Fsp3) is 0.300. The van der Waals surface area contributed by atoms with Gasteiger partial charge in [-0.3, -0.25) is 15.0 Å². The van der Waals surface area contributed by atoms with Crippen molar-refractivity contribution in [3.63, 3.8) is 0 Å². The highest BCUT2D eigenvalue weighted by Crippen LogP contribution is 2.09. The molecule has 0 bridgehead atoms. The number of nitrogens with one attached hydrogen (secondary N) is 2. The van der Waals surface area contributed by atoms with Crippen molar-refractivity contribution in [2.75, 3.05) is 6.54 Å². The Balaban J connectivity index is 1.99. The van der Waals surface area contributed by atoms with E-state index in [9.17, 15) is 9.59 Å². The molecule has 2 rings (SSSR count). The van der Waals surface area contributed by atoms with Gasteiger partial charge in [0, 0.05) is 18.9 Å². The standard InChI is InChI=1S/C10H12N4O3/c15-9(13-17)8-6-14(10(16)12-8)5-7-1-3-11-4-2-7/h1-4,8,17H,5-6H2,(H,12,16)(H,13,15)/t8-/m1/s1. The van der Waals surface area contributed by atoms with E-state index in [0.29, 0.717) is 6.54 Å². The molecule has 1 saturated heterocycles. The Morgan fingerprint density at radius 2 is 2.29 bits per heavy atom. The fourth-order valence-corrected chi connectivity index (χ4v) is 1.66. The lowest BCUT2D eigenvalue weighted by Crippen LogP contribution is -2.41. The summed E-state index contributed by atoms with van der Waals surface area (Å²) in [7, 11) is 0. The lowest BCUT2D eigenvalue weighted by Gasteiger charge is -2.13. The first kappa shape index (κ1) is 11.3. The van der Waals surface area contributed by atoms with Crippen LogP contribution < -0.4 is 10.8 Å². The van der Waals surface area contributed by atoms with Crippen molar-refractivity contribution in [1.82, 2.24) is 20.7 Å². The summed E-state index contributed by atoms with van der Waals surface area (Å²) in [4.78, 5) is 28.1. The van der Waals surface area contributed by atoms with E-state index >= 15 is 0 Å². The summed E-state index contributed by atoms with van der Waals surface area (Å²) in [5.74, 6) is -0.615. The predicted molar refractivity (Wildman–Crippen MR) is 56.9 cm³/mol. The third kappa shape index (κ3) is 2.51. The molecule has 2 heterocycles. The maximum absolute atomic E-state index is 11.5. The van der Waals surface area contributed by atoms with E-state index in [1.165, 1.54) is 10.4 Å². The van der Waals surface area contributed by atoms with Crippen LogP contribution in [0, 0.1) is 0 Å². The van der Waals surface area contributed by atoms with Crippen molar-refractivity contribution in [2.45, 2.75) is 12.6 Å². The van der Waals surface area contributed by atoms with Gasteiger partial charge in [-0.1, -0.05) is 0 Å². The van der Waals surface area contributed by atoms with Crippen LogP contribution in [-0.4, -0.2) is 39.6 Å². The fourth-order valence-electron chi connectivity index (χ4n) is 1.66. The van der Waals surface area contributed by atoms with Crippen LogP contribution in [0.2, 0.25) is 0 Å². The minimum absolute atomic E-state index is 0.230. The van der Waals surface area contributed by atoms with Crippen molar-refractivity contribution >= 4 is 11.9 Å². The highest BCUT2D eigenvalue weighted by molar-refractivity contribution is 5.89. The molecule has 1 aliphatic rings. The SMILES string of the molecule is O=C(NO)[C@H]1CN(Cc2ccncc2)C(=O)N1. The second-order valence-corrected chi connectivity index (χ2v) is 3.71. The number of carbonyl (C=O) groups excluding carboxylic acids is 2. The first-order valence-corrected chi connectivity index (χ1v) is 5.09. The molecular weight excluding hydrogens is 224 g/mol. The quantitative estimate of drug-likeness (QED) is 0.486. The second kappa shape index (κ2) is 4.79. The van der Waals surface area contributed by atoms with Crippen molar-refractivity contribution in [1.29, 1.82) is 0 Å². The molecule has 3 N–H and O–H groups in total. The molecule has 1 aliphatic heterocycles. The van der Waals surface area contributed by atoms with Gasteiger partial charge < -0.3 is 10.2 Å². The number of pyridine rings is 1. The van der Waals surface area contributed by atoms with Crippen LogP contribution >= 0.6 is 0 Å². The number of rotatable bonds is 3. The first-order chi connectivity index (χ1) is 8.20. The molecule has 7 heteroatoms. The van der Waals surface area contributed by atoms with Crippen LogP contribution in [0.4, 0.5) is 4.79 Å². The zero-order chi connectivity index (χ0) is 12.3. The van der Waals surface area contributed by atoms with Crippen LogP contribution in [0.5, 0.6) is 0 Å². The van der Waals surface area contributed by atoms with Crippen LogP contribution in [0.15, 0.2) is 24.5 Å². The topological polar surface area (TPSA) is 94.6 Å². The Bertz CT molecular complexity index is 423. The van der Waals surface area contributed by atoms with Gasteiger partial charge in [0.05, 0.1) is 6.54 Å². The average molecular weight is 236 g/mol. The lowest BCUT2D eigenvalue weighted by molar-refractivity contribution is -0.130. The molecule has 1 aromatic heterocycles. The van der Waals surface area contributed by atoms with E-state index in [0.717, 1.165) is 5.56 Å². The zero-order valence-electron chi connectivity index (χ0n) is 8.96. The highest BCUT2D eigenvalue weighted by Gasteiger charge is 2.33. The van der Waals surface area contributed by atoms with Gasteiger partial charge in [-0.25, -0.2) is 10.3 Å². The summed E-state index contributed by atoms with van der Waals surface area (Å²) in [5.41, 5.74) is 2.45. The Morgan fingerprint density at radius 3 is 2.94 bits per heavy atom. The van der Waals surface area contributed by atoms with Gasteiger partial charge in [0.2, 0.25) is 0 Å². The molecule has 3 amide bonds. The summed E-state index contributed by atoms with van der Waals surface area (Å²) in [6.07, 6.45) is 3.28. The third-order valence-electron chi connectivity index (χ3n) is 2.54. The summed E-state index contributed by atoms with van der Waals surface area (Å²) < 4.78 is 0. The Hall–Kier alpha value is -2.15. The molecule has 0 unspecified atom stereocenters. The Labute approximate surface area is 97.4 Å². The molecule has 90 valence electrons. The summed E-state index contributed by atoms with van der Waals surface area (Å²) in [5, 5.41) is 11.0. The largest absolute Gasteiger partial charge is 0.324 e. The number of hydroxylamine groups is 1. The molecule has 1 atom stereocenters. The van der Waals surface area contributed by atoms with Crippen molar-refractivity contribution < 1.29 is 14.8 Å². The van der Waals surface area contributed by atoms with E-state index in [1.807, 2.05) is 0 Å². The molecule has 17 heavy (non-hydrogen) atoms. The maximum Gasteiger partial charge on any atom is 0.318 e. The van der Waals surface area contributed by atoms with E-state index in [2.05, 4.69) is 10.3 Å². The molecule has 1 fully saturated rings. The summed E-state index contributed by atoms with van der Waals surface area (Å²) >= 11 is 0. The predicted octanol–water partition coefficient (Wildman–Crippen LogP) is -0.519. The number of aromatic nitrogens is 1. The molecule has 7 nitrogen and oxygen atoms in total. The van der Waals surface area contributed by atoms with Gasteiger partial charge in [-0.15, -0.1) is 0 Å². The number of hydrogen-bond acceptors (Lipinski definition) is 4. The molecule has 0 radical (unpaired) electrons. The minimum atomic E-state index is -0.714. The molecular formula is C10H12N4O3. The van der Waals surface area contributed by atoms with Crippen LogP contribution in [0.1, 0.15) is 5.56 Å². The van der Waals surface area contributed by atoms with E-state index in [1.54, 1.807) is 24.5 Å². The molecule has 0 spiro atoms. The maximum atomic E-state index is 11.5. The van der Waals surface area contributed by atoms with Gasteiger partial charge in [0.15, 0.2) is 0 Å². The van der Waals surface area contributed by atoms with Gasteiger partial charge in [0.1, 0.15) is 6.04 Å². The van der Waals surface area contributed by atoms with Crippen LogP contribution in [-0.2, 0) is 11.3 Å². The van der Waals surface area contributed by atoms with Gasteiger partial charge in [-0.05, 0) is 17.7 Å². The Kier molecular flexibility index (Phi) is 3.20. The van der Waals surface area contributed by atoms with Crippen LogP contribution in [0.25, 0.3) is 0 Å². The number of hydrogen-bond donors (Lipinski definition) is 3. The number of carbonyl (C=O) groups is 2. The number of amides is 3. The van der Waals surface area contributed by atoms with Crippen LogP contribution in [0.3, 0.4) is 0 Å². The van der Waals surface area contributed by atoms with E-state index < -0.39 is 11.9 Å². The monoisotopic (exact) mass is 236 g/mol. The molecule has 0 saturated carbocycles. The number of nitrogens with zero attached hydrogens (tertiary/aromatic N) is 2. The van der Waals surface area contributed by atoms with E-state index in [-0.39, 0.29) is 12.6 Å². The molecule has 1 aromatic rings. The van der Waals surface area contributed by atoms with Crippen molar-refractivity contribution in [2.24, 2.45) is 0 Å². The molecule has 0 aliphatic carbocycles. The highest BCUT2D eigenvalue weighted by atomic mass is 16.5. The average Bonchev–Trinajstić information content (AvgIpc) is 2.71. The summed E-state index contributed by atoms with van der Waals surface area (Å²) in [6.45, 7) is 0.636. The van der Waals surface area contributed by atoms with Gasteiger partial charge >= 0.3 is 6.03 Å². The van der Waals surface area contributed by atoms with E-state index in [4.69, 9.17) is 5.21 Å². The van der Waals surface area contributed by atoms with Gasteiger partial charge in [0.25, 0.3) is 5.91 Å². The number of urea groups is 1. The first-order valence-electron chi connectivity index (χ1n) is 5.09. The van der Waals surface area contributed by atoms with Gasteiger partial charge in [-0.2, -0.15) is 0 Å².